The molecular formula is C20H21N5OS. The lowest BCUT2D eigenvalue weighted by Crippen LogP contribution is -2.54. The van der Waals surface area contributed by atoms with Crippen LogP contribution in [0.2, 0.25) is 0 Å². The van der Waals surface area contributed by atoms with E-state index in [-0.39, 0.29) is 16.8 Å². The highest BCUT2D eigenvalue weighted by Crippen LogP contribution is 2.44. The third-order valence-corrected chi connectivity index (χ3v) is 6.57. The van der Waals surface area contributed by atoms with Crippen molar-refractivity contribution in [3.8, 4) is 17.1 Å². The van der Waals surface area contributed by atoms with E-state index in [9.17, 15) is 5.11 Å². The number of phenolic OH excluding ortho intramolecular Hbond substituents is 1. The molecule has 138 valence electrons. The molecule has 3 aromatic heterocycles. The number of fused-ring (bicyclic) bond motifs is 5. The minimum Gasteiger partial charge on any atom is -0.507 e. The minimum absolute atomic E-state index is 0.0160. The van der Waals surface area contributed by atoms with Crippen LogP contribution in [0.3, 0.4) is 0 Å². The molecule has 4 heterocycles. The summed E-state index contributed by atoms with van der Waals surface area (Å²) in [7, 11) is 0. The van der Waals surface area contributed by atoms with Crippen molar-refractivity contribution in [2.24, 2.45) is 0 Å². The normalized spacial score (nSPS) is 18.1. The Bertz CT molecular complexity index is 1200. The number of rotatable bonds is 1. The second kappa shape index (κ2) is 5.27. The molecule has 0 spiro atoms. The number of aromatic nitrogens is 4. The number of hydrogen-bond donors (Lipinski definition) is 2. The Labute approximate surface area is 160 Å². The molecule has 0 unspecified atom stereocenters. The number of thiophene rings is 1. The van der Waals surface area contributed by atoms with Gasteiger partial charge in [0.1, 0.15) is 16.9 Å². The number of hydrogen-bond acceptors (Lipinski definition) is 6. The molecule has 2 N–H and O–H groups in total. The third kappa shape index (κ3) is 2.45. The van der Waals surface area contributed by atoms with E-state index in [2.05, 4.69) is 43.1 Å². The monoisotopic (exact) mass is 379 g/mol. The average Bonchev–Trinajstić information content (AvgIpc) is 3.15. The summed E-state index contributed by atoms with van der Waals surface area (Å²) in [6.45, 7) is 8.89. The topological polar surface area (TPSA) is 75.3 Å². The maximum Gasteiger partial charge on any atom is 0.185 e. The summed E-state index contributed by atoms with van der Waals surface area (Å²) >= 11 is 1.73. The standard InChI is InChI=1S/C20H21N5OS/c1-19(2)9-12-14-17-22-16(11-7-5-6-8-13(11)26)23-25(17)10-21-18(14)27-15(12)20(3,4)24-19/h5-8,10,24,26H,9H2,1-4H3. The van der Waals surface area contributed by atoms with E-state index < -0.39 is 0 Å². The van der Waals surface area contributed by atoms with Crippen LogP contribution >= 0.6 is 11.3 Å². The van der Waals surface area contributed by atoms with Crippen LogP contribution < -0.4 is 5.32 Å². The van der Waals surface area contributed by atoms with Crippen molar-refractivity contribution in [3.63, 3.8) is 0 Å². The molecule has 0 bridgehead atoms. The molecule has 0 saturated heterocycles. The Morgan fingerprint density at radius 2 is 1.96 bits per heavy atom. The van der Waals surface area contributed by atoms with Crippen molar-refractivity contribution >= 4 is 27.2 Å². The van der Waals surface area contributed by atoms with E-state index in [1.54, 1.807) is 34.3 Å². The molecule has 0 aliphatic carbocycles. The summed E-state index contributed by atoms with van der Waals surface area (Å²) in [5, 5.41) is 19.6. The van der Waals surface area contributed by atoms with Gasteiger partial charge in [-0.2, -0.15) is 0 Å². The summed E-state index contributed by atoms with van der Waals surface area (Å²) in [6, 6.07) is 7.14. The highest BCUT2D eigenvalue weighted by molar-refractivity contribution is 7.19. The van der Waals surface area contributed by atoms with E-state index in [0.29, 0.717) is 11.4 Å². The molecule has 6 nitrogen and oxygen atoms in total. The first-order valence-corrected chi connectivity index (χ1v) is 9.82. The summed E-state index contributed by atoms with van der Waals surface area (Å²) in [5.41, 5.74) is 2.58. The summed E-state index contributed by atoms with van der Waals surface area (Å²) < 4.78 is 1.72. The van der Waals surface area contributed by atoms with Crippen LogP contribution in [0.4, 0.5) is 0 Å². The molecule has 0 radical (unpaired) electrons. The van der Waals surface area contributed by atoms with Crippen molar-refractivity contribution < 1.29 is 5.11 Å². The number of aromatic hydroxyl groups is 1. The van der Waals surface area contributed by atoms with Gasteiger partial charge in [-0.05, 0) is 51.8 Å². The van der Waals surface area contributed by atoms with Crippen molar-refractivity contribution in [2.45, 2.75) is 45.2 Å². The highest BCUT2D eigenvalue weighted by atomic mass is 32.1. The maximum atomic E-state index is 10.2. The van der Waals surface area contributed by atoms with Crippen LogP contribution in [0, 0.1) is 0 Å². The van der Waals surface area contributed by atoms with Gasteiger partial charge in [-0.1, -0.05) is 12.1 Å². The van der Waals surface area contributed by atoms with E-state index in [1.807, 2.05) is 12.1 Å². The van der Waals surface area contributed by atoms with Crippen molar-refractivity contribution in [1.29, 1.82) is 0 Å². The van der Waals surface area contributed by atoms with Gasteiger partial charge in [-0.15, -0.1) is 16.4 Å². The minimum atomic E-state index is -0.125. The van der Waals surface area contributed by atoms with Crippen LogP contribution in [0.1, 0.15) is 38.1 Å². The number of para-hydroxylation sites is 1. The van der Waals surface area contributed by atoms with Gasteiger partial charge in [0.2, 0.25) is 0 Å². The molecule has 0 amide bonds. The summed E-state index contributed by atoms with van der Waals surface area (Å²) in [4.78, 5) is 11.7. The molecule has 27 heavy (non-hydrogen) atoms. The number of nitrogens with zero attached hydrogens (tertiary/aromatic N) is 4. The largest absolute Gasteiger partial charge is 0.507 e. The highest BCUT2D eigenvalue weighted by Gasteiger charge is 2.39. The summed E-state index contributed by atoms with van der Waals surface area (Å²) in [6.07, 6.45) is 2.62. The predicted molar refractivity (Wildman–Crippen MR) is 107 cm³/mol. The Hall–Kier alpha value is -2.51. The van der Waals surface area contributed by atoms with Crippen LogP contribution in [0.25, 0.3) is 27.3 Å². The molecule has 1 aliphatic heterocycles. The van der Waals surface area contributed by atoms with E-state index >= 15 is 0 Å². The molecule has 1 aliphatic rings. The Morgan fingerprint density at radius 1 is 1.19 bits per heavy atom. The maximum absolute atomic E-state index is 10.2. The first-order valence-electron chi connectivity index (χ1n) is 9.00. The molecule has 5 rings (SSSR count). The van der Waals surface area contributed by atoms with E-state index in [1.165, 1.54) is 10.4 Å². The molecule has 0 saturated carbocycles. The second-order valence-electron chi connectivity index (χ2n) is 8.37. The SMILES string of the molecule is CC1(C)Cc2c(sc3ncn4nc(-c5ccccc5O)nc4c23)C(C)(C)N1. The lowest BCUT2D eigenvalue weighted by Gasteiger charge is -2.42. The summed E-state index contributed by atoms with van der Waals surface area (Å²) in [5.74, 6) is 0.686. The Kier molecular flexibility index (Phi) is 3.25. The molecule has 1 aromatic carbocycles. The Morgan fingerprint density at radius 3 is 2.74 bits per heavy atom. The number of benzene rings is 1. The second-order valence-corrected chi connectivity index (χ2v) is 9.36. The lowest BCUT2D eigenvalue weighted by molar-refractivity contribution is 0.248. The van der Waals surface area contributed by atoms with Gasteiger partial charge in [-0.3, -0.25) is 0 Å². The quantitative estimate of drug-likeness (QED) is 0.525. The predicted octanol–water partition coefficient (Wildman–Crippen LogP) is 3.87. The van der Waals surface area contributed by atoms with Crippen molar-refractivity contribution in [2.75, 3.05) is 0 Å². The van der Waals surface area contributed by atoms with Crippen LogP contribution in [0.5, 0.6) is 5.75 Å². The van der Waals surface area contributed by atoms with Gasteiger partial charge in [0.15, 0.2) is 11.5 Å². The zero-order valence-electron chi connectivity index (χ0n) is 15.7. The zero-order chi connectivity index (χ0) is 19.0. The van der Waals surface area contributed by atoms with Gasteiger partial charge in [0, 0.05) is 16.0 Å². The van der Waals surface area contributed by atoms with Gasteiger partial charge in [0.05, 0.1) is 10.9 Å². The molecule has 0 atom stereocenters. The smallest absolute Gasteiger partial charge is 0.185 e. The fraction of sp³-hybridized carbons (Fsp3) is 0.350. The number of phenols is 1. The van der Waals surface area contributed by atoms with E-state index in [4.69, 9.17) is 4.98 Å². The van der Waals surface area contributed by atoms with E-state index in [0.717, 1.165) is 22.3 Å². The van der Waals surface area contributed by atoms with Crippen LogP contribution in [-0.2, 0) is 12.0 Å². The zero-order valence-corrected chi connectivity index (χ0v) is 16.6. The van der Waals surface area contributed by atoms with Crippen molar-refractivity contribution in [1.82, 2.24) is 24.9 Å². The van der Waals surface area contributed by atoms with Gasteiger partial charge >= 0.3 is 0 Å². The van der Waals surface area contributed by atoms with Gasteiger partial charge in [0.25, 0.3) is 0 Å². The fourth-order valence-corrected chi connectivity index (χ4v) is 5.51. The lowest BCUT2D eigenvalue weighted by atomic mass is 9.82. The molecule has 0 fully saturated rings. The average molecular weight is 379 g/mol. The molecule has 4 aromatic rings. The third-order valence-electron chi connectivity index (χ3n) is 5.11. The number of nitrogens with one attached hydrogen (secondary N) is 1. The first-order chi connectivity index (χ1) is 12.8. The molecule has 7 heteroatoms. The fourth-order valence-electron chi connectivity index (χ4n) is 4.29. The van der Waals surface area contributed by atoms with Gasteiger partial charge < -0.3 is 10.4 Å². The van der Waals surface area contributed by atoms with Gasteiger partial charge in [-0.25, -0.2) is 14.5 Å². The van der Waals surface area contributed by atoms with Crippen LogP contribution in [-0.4, -0.2) is 30.2 Å². The van der Waals surface area contributed by atoms with Crippen LogP contribution in [0.15, 0.2) is 30.6 Å². The Balaban J connectivity index is 1.81. The first kappa shape index (κ1) is 16.6. The molecular weight excluding hydrogens is 358 g/mol. The van der Waals surface area contributed by atoms with Crippen molar-refractivity contribution in [3.05, 3.63) is 41.0 Å².